The topological polar surface area (TPSA) is 88.5 Å². The second-order valence-electron chi connectivity index (χ2n) is 6.21. The van der Waals surface area contributed by atoms with Gasteiger partial charge in [-0.05, 0) is 68.1 Å². The van der Waals surface area contributed by atoms with E-state index in [0.717, 1.165) is 36.7 Å². The predicted octanol–water partition coefficient (Wildman–Crippen LogP) is 3.53. The van der Waals surface area contributed by atoms with Crippen molar-refractivity contribution in [3.63, 3.8) is 0 Å². The number of nitrogens with zero attached hydrogens (tertiary/aromatic N) is 1. The molecule has 0 fully saturated rings. The minimum Gasteiger partial charge on any atom is -0.478 e. The molecule has 2 aromatic rings. The van der Waals surface area contributed by atoms with Gasteiger partial charge in [0.1, 0.15) is 0 Å². The molecule has 0 amide bonds. The molecule has 0 aliphatic carbocycles. The SMILES string of the molecule is Cc1ccc2nc(OCCCCCNCCSS(=O)(=O)O)cc(C)c2c1. The maximum atomic E-state index is 10.5. The summed E-state index contributed by atoms with van der Waals surface area (Å²) >= 11 is 0. The first-order valence-electron chi connectivity index (χ1n) is 8.68. The van der Waals surface area contributed by atoms with E-state index in [1.54, 1.807) is 0 Å². The number of benzene rings is 1. The van der Waals surface area contributed by atoms with E-state index in [1.165, 1.54) is 11.1 Å². The summed E-state index contributed by atoms with van der Waals surface area (Å²) in [6.07, 6.45) is 2.95. The molecule has 0 atom stereocenters. The summed E-state index contributed by atoms with van der Waals surface area (Å²) in [7, 11) is -3.38. The van der Waals surface area contributed by atoms with E-state index in [4.69, 9.17) is 9.29 Å². The molecule has 0 unspecified atom stereocenters. The van der Waals surface area contributed by atoms with Gasteiger partial charge in [-0.3, -0.25) is 4.55 Å². The normalized spacial score (nSPS) is 11.8. The summed E-state index contributed by atoms with van der Waals surface area (Å²) in [5.41, 5.74) is 3.35. The van der Waals surface area contributed by atoms with E-state index >= 15 is 0 Å². The predicted molar refractivity (Wildman–Crippen MR) is 107 cm³/mol. The van der Waals surface area contributed by atoms with Crippen LogP contribution in [0.15, 0.2) is 24.3 Å². The number of unbranched alkanes of at least 4 members (excludes halogenated alkanes) is 2. The van der Waals surface area contributed by atoms with Crippen molar-refractivity contribution in [2.45, 2.75) is 33.1 Å². The van der Waals surface area contributed by atoms with Crippen LogP contribution in [0.4, 0.5) is 0 Å². The largest absolute Gasteiger partial charge is 0.478 e. The number of hydrogen-bond acceptors (Lipinski definition) is 6. The van der Waals surface area contributed by atoms with Crippen LogP contribution in [0, 0.1) is 13.8 Å². The maximum Gasteiger partial charge on any atom is 0.319 e. The summed E-state index contributed by atoms with van der Waals surface area (Å²) in [6, 6.07) is 8.20. The van der Waals surface area contributed by atoms with Gasteiger partial charge in [-0.1, -0.05) is 11.6 Å². The molecule has 0 aliphatic heterocycles. The van der Waals surface area contributed by atoms with Crippen molar-refractivity contribution in [3.05, 3.63) is 35.4 Å². The molecule has 0 aliphatic rings. The van der Waals surface area contributed by atoms with Crippen molar-refractivity contribution in [1.29, 1.82) is 0 Å². The highest BCUT2D eigenvalue weighted by molar-refractivity contribution is 8.69. The van der Waals surface area contributed by atoms with Crippen LogP contribution in [-0.4, -0.2) is 43.4 Å². The Labute approximate surface area is 158 Å². The molecule has 0 bridgehead atoms. The summed E-state index contributed by atoms with van der Waals surface area (Å²) < 4.78 is 35.4. The minimum atomic E-state index is -3.92. The number of rotatable bonds is 11. The highest BCUT2D eigenvalue weighted by atomic mass is 33.1. The second-order valence-corrected chi connectivity index (χ2v) is 9.68. The Kier molecular flexibility index (Phi) is 8.15. The van der Waals surface area contributed by atoms with Crippen molar-refractivity contribution in [2.75, 3.05) is 25.4 Å². The molecular formula is C18H26N2O4S2. The Balaban J connectivity index is 1.62. The Morgan fingerprint density at radius 1 is 1.15 bits per heavy atom. The number of aromatic nitrogens is 1. The van der Waals surface area contributed by atoms with Crippen LogP contribution >= 0.6 is 10.8 Å². The Hall–Kier alpha value is -1.35. The highest BCUT2D eigenvalue weighted by Gasteiger charge is 2.05. The van der Waals surface area contributed by atoms with E-state index in [1.807, 2.05) is 12.1 Å². The Morgan fingerprint density at radius 2 is 1.96 bits per heavy atom. The minimum absolute atomic E-state index is 0.342. The average molecular weight is 399 g/mol. The van der Waals surface area contributed by atoms with Crippen LogP contribution in [0.2, 0.25) is 0 Å². The van der Waals surface area contributed by atoms with Crippen molar-refractivity contribution < 1.29 is 17.7 Å². The van der Waals surface area contributed by atoms with Crippen molar-refractivity contribution in [3.8, 4) is 5.88 Å². The smallest absolute Gasteiger partial charge is 0.319 e. The van der Waals surface area contributed by atoms with E-state index in [-0.39, 0.29) is 0 Å². The Morgan fingerprint density at radius 3 is 2.73 bits per heavy atom. The lowest BCUT2D eigenvalue weighted by atomic mass is 10.1. The molecule has 1 aromatic carbocycles. The van der Waals surface area contributed by atoms with Crippen LogP contribution < -0.4 is 10.1 Å². The molecule has 1 heterocycles. The quantitative estimate of drug-likeness (QED) is 0.340. The molecule has 1 aromatic heterocycles. The molecule has 0 saturated carbocycles. The average Bonchev–Trinajstić information content (AvgIpc) is 2.56. The van der Waals surface area contributed by atoms with E-state index in [0.29, 0.717) is 35.6 Å². The van der Waals surface area contributed by atoms with E-state index in [9.17, 15) is 8.42 Å². The van der Waals surface area contributed by atoms with Gasteiger partial charge in [-0.25, -0.2) is 4.98 Å². The molecule has 8 heteroatoms. The van der Waals surface area contributed by atoms with Crippen molar-refractivity contribution in [1.82, 2.24) is 10.3 Å². The Bertz CT molecular complexity index is 825. The van der Waals surface area contributed by atoms with Crippen LogP contribution in [0.1, 0.15) is 30.4 Å². The third kappa shape index (κ3) is 7.49. The molecule has 6 nitrogen and oxygen atoms in total. The second kappa shape index (κ2) is 10.1. The van der Waals surface area contributed by atoms with Crippen LogP contribution in [0.5, 0.6) is 5.88 Å². The first-order valence-corrected chi connectivity index (χ1v) is 11.6. The lowest BCUT2D eigenvalue weighted by molar-refractivity contribution is 0.294. The fourth-order valence-corrected chi connectivity index (χ4v) is 3.92. The molecule has 144 valence electrons. The summed E-state index contributed by atoms with van der Waals surface area (Å²) in [5, 5.41) is 4.31. The first kappa shape index (κ1) is 21.0. The lowest BCUT2D eigenvalue weighted by Crippen LogP contribution is -2.19. The molecule has 26 heavy (non-hydrogen) atoms. The van der Waals surface area contributed by atoms with Gasteiger partial charge in [0.15, 0.2) is 0 Å². The molecule has 2 rings (SSSR count). The van der Waals surface area contributed by atoms with Gasteiger partial charge >= 0.3 is 9.15 Å². The number of ether oxygens (including phenoxy) is 1. The van der Waals surface area contributed by atoms with Gasteiger partial charge < -0.3 is 10.1 Å². The summed E-state index contributed by atoms with van der Waals surface area (Å²) in [5.74, 6) is 1.01. The van der Waals surface area contributed by atoms with Crippen LogP contribution in [0.3, 0.4) is 0 Å². The fourth-order valence-electron chi connectivity index (χ4n) is 2.60. The molecule has 2 N–H and O–H groups in total. The molecule has 0 spiro atoms. The fraction of sp³-hybridized carbons (Fsp3) is 0.500. The molecular weight excluding hydrogens is 372 g/mol. The number of nitrogens with one attached hydrogen (secondary N) is 1. The third-order valence-electron chi connectivity index (χ3n) is 3.91. The maximum absolute atomic E-state index is 10.5. The number of fused-ring (bicyclic) bond motifs is 1. The zero-order chi connectivity index (χ0) is 19.0. The lowest BCUT2D eigenvalue weighted by Gasteiger charge is -2.09. The highest BCUT2D eigenvalue weighted by Crippen LogP contribution is 2.22. The van der Waals surface area contributed by atoms with Gasteiger partial charge in [-0.15, -0.1) is 0 Å². The van der Waals surface area contributed by atoms with Crippen LogP contribution in [-0.2, 0) is 9.15 Å². The van der Waals surface area contributed by atoms with Gasteiger partial charge in [0.2, 0.25) is 5.88 Å². The zero-order valence-electron chi connectivity index (χ0n) is 15.2. The first-order chi connectivity index (χ1) is 12.3. The van der Waals surface area contributed by atoms with Crippen molar-refractivity contribution in [2.24, 2.45) is 0 Å². The monoisotopic (exact) mass is 398 g/mol. The summed E-state index contributed by atoms with van der Waals surface area (Å²) in [6.45, 7) is 6.15. The zero-order valence-corrected chi connectivity index (χ0v) is 16.8. The number of aryl methyl sites for hydroxylation is 2. The standard InChI is InChI=1S/C18H26N2O4S2/c1-14-6-7-17-16(12-14)15(2)13-18(20-17)24-10-5-3-4-8-19-9-11-25-26(21,22)23/h6-7,12-13,19H,3-5,8-11H2,1-2H3,(H,21,22,23). The van der Waals surface area contributed by atoms with E-state index < -0.39 is 9.15 Å². The summed E-state index contributed by atoms with van der Waals surface area (Å²) in [4.78, 5) is 4.56. The number of pyridine rings is 1. The van der Waals surface area contributed by atoms with E-state index in [2.05, 4.69) is 36.3 Å². The molecule has 0 radical (unpaired) electrons. The van der Waals surface area contributed by atoms with Gasteiger partial charge in [-0.2, -0.15) is 8.42 Å². The van der Waals surface area contributed by atoms with Crippen LogP contribution in [0.25, 0.3) is 10.9 Å². The molecule has 0 saturated heterocycles. The third-order valence-corrected chi connectivity index (χ3v) is 5.97. The van der Waals surface area contributed by atoms with Gasteiger partial charge in [0, 0.05) is 23.8 Å². The van der Waals surface area contributed by atoms with Gasteiger partial charge in [0.05, 0.1) is 12.1 Å². The van der Waals surface area contributed by atoms with Gasteiger partial charge in [0.25, 0.3) is 0 Å². The number of hydrogen-bond donors (Lipinski definition) is 2. The van der Waals surface area contributed by atoms with Crippen molar-refractivity contribution >= 4 is 30.8 Å².